The van der Waals surface area contributed by atoms with Crippen LogP contribution in [0.2, 0.25) is 0 Å². The SMILES string of the molecule is CCCCN(Cc1ccccc1CO)Cc1c(-c2ccccc2)nc(-c2ccccc2)n1CCCC. The predicted octanol–water partition coefficient (Wildman–Crippen LogP) is 7.31. The molecule has 1 N–H and O–H groups in total. The Balaban J connectivity index is 1.80. The van der Waals surface area contributed by atoms with E-state index in [1.807, 2.05) is 12.1 Å². The summed E-state index contributed by atoms with van der Waals surface area (Å²) in [6.07, 6.45) is 4.53. The first-order valence-electron chi connectivity index (χ1n) is 13.3. The maximum absolute atomic E-state index is 9.93. The van der Waals surface area contributed by atoms with Gasteiger partial charge in [0.2, 0.25) is 0 Å². The van der Waals surface area contributed by atoms with Gasteiger partial charge in [0.15, 0.2) is 0 Å². The minimum absolute atomic E-state index is 0.0691. The van der Waals surface area contributed by atoms with E-state index in [0.717, 1.165) is 80.1 Å². The van der Waals surface area contributed by atoms with Crippen LogP contribution in [0, 0.1) is 0 Å². The molecule has 0 aliphatic carbocycles. The first-order valence-corrected chi connectivity index (χ1v) is 13.3. The Labute approximate surface area is 216 Å². The Hall–Kier alpha value is -3.21. The number of hydrogen-bond donors (Lipinski definition) is 1. The molecule has 1 heterocycles. The second-order valence-corrected chi connectivity index (χ2v) is 9.46. The first-order chi connectivity index (χ1) is 17.7. The average molecular weight is 482 g/mol. The van der Waals surface area contributed by atoms with Gasteiger partial charge in [0.1, 0.15) is 5.82 Å². The van der Waals surface area contributed by atoms with Gasteiger partial charge in [0.05, 0.1) is 18.0 Å². The lowest BCUT2D eigenvalue weighted by molar-refractivity contribution is 0.239. The smallest absolute Gasteiger partial charge is 0.140 e. The van der Waals surface area contributed by atoms with Crippen molar-refractivity contribution in [2.75, 3.05) is 6.54 Å². The van der Waals surface area contributed by atoms with Crippen molar-refractivity contribution in [3.63, 3.8) is 0 Å². The summed E-state index contributed by atoms with van der Waals surface area (Å²) in [6.45, 7) is 8.14. The van der Waals surface area contributed by atoms with Crippen LogP contribution in [0.4, 0.5) is 0 Å². The van der Waals surface area contributed by atoms with Gasteiger partial charge in [-0.2, -0.15) is 0 Å². The average Bonchev–Trinajstić information content (AvgIpc) is 3.29. The van der Waals surface area contributed by atoms with E-state index in [2.05, 4.69) is 96.1 Å². The molecule has 0 amide bonds. The van der Waals surface area contributed by atoms with Crippen molar-refractivity contribution in [1.82, 2.24) is 14.5 Å². The third-order valence-corrected chi connectivity index (χ3v) is 6.77. The highest BCUT2D eigenvalue weighted by molar-refractivity contribution is 5.68. The standard InChI is InChI=1S/C32H39N3O/c1-3-5-21-34(23-28-19-13-14-20-29(28)25-36)24-30-31(26-15-9-7-10-16-26)33-32(35(30)22-6-4-2)27-17-11-8-12-18-27/h7-20,36H,3-6,21-25H2,1-2H3. The van der Waals surface area contributed by atoms with Crippen LogP contribution >= 0.6 is 0 Å². The zero-order valence-corrected chi connectivity index (χ0v) is 21.7. The molecule has 0 spiro atoms. The van der Waals surface area contributed by atoms with Crippen LogP contribution < -0.4 is 0 Å². The quantitative estimate of drug-likeness (QED) is 0.218. The van der Waals surface area contributed by atoms with Crippen LogP contribution in [0.15, 0.2) is 84.9 Å². The highest BCUT2D eigenvalue weighted by Gasteiger charge is 2.22. The number of unbranched alkanes of at least 4 members (excludes halogenated alkanes) is 2. The molecule has 4 nitrogen and oxygen atoms in total. The van der Waals surface area contributed by atoms with Crippen LogP contribution in [0.25, 0.3) is 22.6 Å². The fraction of sp³-hybridized carbons (Fsp3) is 0.344. The molecular formula is C32H39N3O. The molecule has 0 fully saturated rings. The lowest BCUT2D eigenvalue weighted by atomic mass is 10.1. The molecule has 0 saturated carbocycles. The molecule has 0 atom stereocenters. The fourth-order valence-electron chi connectivity index (χ4n) is 4.75. The van der Waals surface area contributed by atoms with Crippen LogP contribution in [0.3, 0.4) is 0 Å². The third-order valence-electron chi connectivity index (χ3n) is 6.77. The normalized spacial score (nSPS) is 11.3. The minimum Gasteiger partial charge on any atom is -0.392 e. The lowest BCUT2D eigenvalue weighted by Gasteiger charge is -2.25. The number of nitrogens with zero attached hydrogens (tertiary/aromatic N) is 3. The molecule has 188 valence electrons. The molecule has 1 aromatic heterocycles. The van der Waals surface area contributed by atoms with Gasteiger partial charge in [-0.25, -0.2) is 4.98 Å². The van der Waals surface area contributed by atoms with Crippen LogP contribution in [0.1, 0.15) is 56.4 Å². The number of aliphatic hydroxyl groups excluding tert-OH is 1. The highest BCUT2D eigenvalue weighted by atomic mass is 16.3. The van der Waals surface area contributed by atoms with Gasteiger partial charge in [-0.3, -0.25) is 4.90 Å². The number of rotatable bonds is 13. The van der Waals surface area contributed by atoms with Crippen molar-refractivity contribution in [3.05, 3.63) is 102 Å². The monoisotopic (exact) mass is 481 g/mol. The summed E-state index contributed by atoms with van der Waals surface area (Å²) in [5.41, 5.74) is 6.86. The summed E-state index contributed by atoms with van der Waals surface area (Å²) in [5, 5.41) is 9.93. The van der Waals surface area contributed by atoms with E-state index in [0.29, 0.717) is 0 Å². The number of imidazole rings is 1. The highest BCUT2D eigenvalue weighted by Crippen LogP contribution is 2.31. The molecule has 3 aromatic carbocycles. The van der Waals surface area contributed by atoms with Crippen molar-refractivity contribution in [2.24, 2.45) is 0 Å². The van der Waals surface area contributed by atoms with Crippen molar-refractivity contribution >= 4 is 0 Å². The summed E-state index contributed by atoms with van der Waals surface area (Å²) < 4.78 is 2.46. The molecule has 0 unspecified atom stereocenters. The summed E-state index contributed by atoms with van der Waals surface area (Å²) in [6, 6.07) is 29.4. The Morgan fingerprint density at radius 2 is 1.33 bits per heavy atom. The van der Waals surface area contributed by atoms with Gasteiger partial charge in [-0.15, -0.1) is 0 Å². The molecule has 0 aliphatic heterocycles. The van der Waals surface area contributed by atoms with Gasteiger partial charge in [-0.05, 0) is 30.5 Å². The molecule has 4 rings (SSSR count). The molecule has 36 heavy (non-hydrogen) atoms. The minimum atomic E-state index is 0.0691. The number of aromatic nitrogens is 2. The Bertz CT molecular complexity index is 1200. The van der Waals surface area contributed by atoms with E-state index in [-0.39, 0.29) is 6.61 Å². The molecule has 0 bridgehead atoms. The van der Waals surface area contributed by atoms with Gasteiger partial charge in [0.25, 0.3) is 0 Å². The molecule has 4 aromatic rings. The molecular weight excluding hydrogens is 442 g/mol. The van der Waals surface area contributed by atoms with Crippen molar-refractivity contribution in [3.8, 4) is 22.6 Å². The van der Waals surface area contributed by atoms with Crippen LogP contribution in [0.5, 0.6) is 0 Å². The summed E-state index contributed by atoms with van der Waals surface area (Å²) >= 11 is 0. The molecule has 0 aliphatic rings. The zero-order valence-electron chi connectivity index (χ0n) is 21.7. The fourth-order valence-corrected chi connectivity index (χ4v) is 4.75. The van der Waals surface area contributed by atoms with E-state index in [4.69, 9.17) is 4.98 Å². The van der Waals surface area contributed by atoms with Gasteiger partial charge >= 0.3 is 0 Å². The topological polar surface area (TPSA) is 41.3 Å². The first kappa shape index (κ1) is 25.9. The molecule has 4 heteroatoms. The number of benzene rings is 3. The van der Waals surface area contributed by atoms with Crippen LogP contribution in [-0.2, 0) is 26.2 Å². The second-order valence-electron chi connectivity index (χ2n) is 9.46. The molecule has 0 radical (unpaired) electrons. The second kappa shape index (κ2) is 13.2. The van der Waals surface area contributed by atoms with E-state index >= 15 is 0 Å². The largest absolute Gasteiger partial charge is 0.392 e. The number of hydrogen-bond acceptors (Lipinski definition) is 3. The van der Waals surface area contributed by atoms with Gasteiger partial charge in [-0.1, -0.05) is 112 Å². The van der Waals surface area contributed by atoms with E-state index in [1.54, 1.807) is 0 Å². The third kappa shape index (κ3) is 6.31. The van der Waals surface area contributed by atoms with Crippen LogP contribution in [-0.4, -0.2) is 26.1 Å². The van der Waals surface area contributed by atoms with Crippen molar-refractivity contribution in [2.45, 2.75) is 65.8 Å². The lowest BCUT2D eigenvalue weighted by Crippen LogP contribution is -2.26. The van der Waals surface area contributed by atoms with E-state index < -0.39 is 0 Å². The summed E-state index contributed by atoms with van der Waals surface area (Å²) in [4.78, 5) is 7.80. The summed E-state index contributed by atoms with van der Waals surface area (Å²) in [7, 11) is 0. The van der Waals surface area contributed by atoms with E-state index in [9.17, 15) is 5.11 Å². The summed E-state index contributed by atoms with van der Waals surface area (Å²) in [5.74, 6) is 1.05. The van der Waals surface area contributed by atoms with Crippen molar-refractivity contribution < 1.29 is 5.11 Å². The van der Waals surface area contributed by atoms with Gasteiger partial charge in [0, 0.05) is 30.8 Å². The number of aliphatic hydroxyl groups is 1. The Kier molecular flexibility index (Phi) is 9.48. The Morgan fingerprint density at radius 1 is 0.722 bits per heavy atom. The predicted molar refractivity (Wildman–Crippen MR) is 149 cm³/mol. The maximum Gasteiger partial charge on any atom is 0.140 e. The zero-order chi connectivity index (χ0) is 25.2. The van der Waals surface area contributed by atoms with E-state index in [1.165, 1.54) is 11.3 Å². The van der Waals surface area contributed by atoms with Gasteiger partial charge < -0.3 is 9.67 Å². The Morgan fingerprint density at radius 3 is 1.97 bits per heavy atom. The van der Waals surface area contributed by atoms with Crippen molar-refractivity contribution in [1.29, 1.82) is 0 Å². The molecule has 0 saturated heterocycles. The maximum atomic E-state index is 9.93.